The zero-order chi connectivity index (χ0) is 12.5. The predicted molar refractivity (Wildman–Crippen MR) is 70.9 cm³/mol. The number of Topliss-reactive ketones (excluding diaryl/α,β-unsaturated/α-hetero) is 1. The van der Waals surface area contributed by atoms with Gasteiger partial charge in [-0.25, -0.2) is 0 Å². The second kappa shape index (κ2) is 5.09. The van der Waals surface area contributed by atoms with Crippen LogP contribution in [0.4, 0.5) is 0 Å². The smallest absolute Gasteiger partial charge is 0.137 e. The van der Waals surface area contributed by atoms with Gasteiger partial charge in [-0.1, -0.05) is 27.2 Å². The molecule has 2 rings (SSSR count). The van der Waals surface area contributed by atoms with Crippen molar-refractivity contribution in [2.45, 2.75) is 65.3 Å². The lowest BCUT2D eigenvalue weighted by atomic mass is 9.67. The minimum absolute atomic E-state index is 0.285. The van der Waals surface area contributed by atoms with E-state index in [0.29, 0.717) is 17.2 Å². The fraction of sp³-hybridized carbons (Fsp3) is 0.933. The second-order valence-electron chi connectivity index (χ2n) is 6.80. The van der Waals surface area contributed by atoms with Gasteiger partial charge in [0.1, 0.15) is 5.78 Å². The van der Waals surface area contributed by atoms with Gasteiger partial charge in [-0.3, -0.25) is 4.79 Å². The highest BCUT2D eigenvalue weighted by molar-refractivity contribution is 5.82. The Labute approximate surface area is 106 Å². The van der Waals surface area contributed by atoms with Crippen LogP contribution in [-0.2, 0) is 4.79 Å². The van der Waals surface area contributed by atoms with Gasteiger partial charge < -0.3 is 5.32 Å². The highest BCUT2D eigenvalue weighted by Crippen LogP contribution is 2.40. The van der Waals surface area contributed by atoms with Crippen LogP contribution in [0.1, 0.15) is 59.3 Å². The Kier molecular flexibility index (Phi) is 3.92. The van der Waals surface area contributed by atoms with Crippen molar-refractivity contribution in [3.05, 3.63) is 0 Å². The van der Waals surface area contributed by atoms with E-state index in [2.05, 4.69) is 26.1 Å². The molecule has 0 amide bonds. The van der Waals surface area contributed by atoms with Crippen LogP contribution in [0.2, 0.25) is 0 Å². The van der Waals surface area contributed by atoms with Crippen molar-refractivity contribution in [3.63, 3.8) is 0 Å². The number of rotatable bonds is 2. The van der Waals surface area contributed by atoms with E-state index in [0.717, 1.165) is 31.7 Å². The number of nitrogens with one attached hydrogen (secondary N) is 1. The van der Waals surface area contributed by atoms with Gasteiger partial charge in [-0.15, -0.1) is 0 Å². The molecule has 3 atom stereocenters. The Bertz CT molecular complexity index is 285. The van der Waals surface area contributed by atoms with Crippen LogP contribution >= 0.6 is 0 Å². The Morgan fingerprint density at radius 1 is 1.41 bits per heavy atom. The second-order valence-corrected chi connectivity index (χ2v) is 6.80. The molecule has 1 N–H and O–H groups in total. The van der Waals surface area contributed by atoms with Gasteiger partial charge in [0, 0.05) is 18.4 Å². The summed E-state index contributed by atoms with van der Waals surface area (Å²) in [7, 11) is 0. The molecule has 0 spiro atoms. The molecule has 98 valence electrons. The molecule has 1 saturated heterocycles. The molecule has 1 aliphatic heterocycles. The van der Waals surface area contributed by atoms with Crippen molar-refractivity contribution in [1.29, 1.82) is 0 Å². The number of hydrogen-bond acceptors (Lipinski definition) is 2. The maximum Gasteiger partial charge on any atom is 0.137 e. The van der Waals surface area contributed by atoms with Gasteiger partial charge in [-0.2, -0.15) is 0 Å². The zero-order valence-electron chi connectivity index (χ0n) is 11.6. The van der Waals surface area contributed by atoms with Crippen LogP contribution in [0.5, 0.6) is 0 Å². The van der Waals surface area contributed by atoms with Crippen molar-refractivity contribution in [2.24, 2.45) is 17.3 Å². The third-order valence-electron chi connectivity index (χ3n) is 4.84. The number of carbonyl (C=O) groups is 1. The molecule has 1 aliphatic carbocycles. The Morgan fingerprint density at radius 3 is 2.88 bits per heavy atom. The molecule has 3 unspecified atom stereocenters. The van der Waals surface area contributed by atoms with E-state index in [1.165, 1.54) is 19.3 Å². The molecule has 1 saturated carbocycles. The van der Waals surface area contributed by atoms with Crippen LogP contribution in [-0.4, -0.2) is 18.4 Å². The van der Waals surface area contributed by atoms with E-state index < -0.39 is 0 Å². The SMILES string of the molecule is CCC1CCNC(C2CC(C)(C)CCC2=O)C1. The molecule has 1 heterocycles. The molecule has 0 aromatic heterocycles. The minimum atomic E-state index is 0.285. The van der Waals surface area contributed by atoms with Gasteiger partial charge >= 0.3 is 0 Å². The lowest BCUT2D eigenvalue weighted by Gasteiger charge is -2.41. The first-order valence-electron chi connectivity index (χ1n) is 7.28. The summed E-state index contributed by atoms with van der Waals surface area (Å²) in [6.45, 7) is 8.01. The number of piperidine rings is 1. The third-order valence-corrected chi connectivity index (χ3v) is 4.84. The summed E-state index contributed by atoms with van der Waals surface area (Å²) in [5.74, 6) is 1.63. The summed E-state index contributed by atoms with van der Waals surface area (Å²) < 4.78 is 0. The standard InChI is InChI=1S/C15H27NO/c1-4-11-6-8-16-13(9-11)12-10-15(2,3)7-5-14(12)17/h11-13,16H,4-10H2,1-3H3. The highest BCUT2D eigenvalue weighted by Gasteiger charge is 2.39. The number of carbonyl (C=O) groups excluding carboxylic acids is 1. The third kappa shape index (κ3) is 3.09. The van der Waals surface area contributed by atoms with Crippen LogP contribution in [0.25, 0.3) is 0 Å². The molecule has 0 radical (unpaired) electrons. The minimum Gasteiger partial charge on any atom is -0.313 e. The fourth-order valence-electron chi connectivity index (χ4n) is 3.54. The van der Waals surface area contributed by atoms with Crippen molar-refractivity contribution in [3.8, 4) is 0 Å². The van der Waals surface area contributed by atoms with Gasteiger partial charge in [0.25, 0.3) is 0 Å². The van der Waals surface area contributed by atoms with E-state index in [9.17, 15) is 4.79 Å². The maximum absolute atomic E-state index is 12.1. The summed E-state index contributed by atoms with van der Waals surface area (Å²) in [4.78, 5) is 12.1. The molecule has 2 aliphatic rings. The summed E-state index contributed by atoms with van der Waals surface area (Å²) in [6.07, 6.45) is 6.72. The number of ketones is 1. The van der Waals surface area contributed by atoms with Crippen molar-refractivity contribution in [1.82, 2.24) is 5.32 Å². The van der Waals surface area contributed by atoms with Gasteiger partial charge in [0.2, 0.25) is 0 Å². The zero-order valence-corrected chi connectivity index (χ0v) is 11.6. The quantitative estimate of drug-likeness (QED) is 0.799. The molecule has 2 nitrogen and oxygen atoms in total. The van der Waals surface area contributed by atoms with E-state index in [4.69, 9.17) is 0 Å². The summed E-state index contributed by atoms with van der Waals surface area (Å²) >= 11 is 0. The van der Waals surface area contributed by atoms with Gasteiger partial charge in [-0.05, 0) is 43.6 Å². The van der Waals surface area contributed by atoms with E-state index in [1.54, 1.807) is 0 Å². The molecular weight excluding hydrogens is 210 g/mol. The summed E-state index contributed by atoms with van der Waals surface area (Å²) in [5.41, 5.74) is 0.361. The molecule has 0 bridgehead atoms. The molecule has 2 fully saturated rings. The monoisotopic (exact) mass is 237 g/mol. The highest BCUT2D eigenvalue weighted by atomic mass is 16.1. The molecule has 2 heteroatoms. The maximum atomic E-state index is 12.1. The van der Waals surface area contributed by atoms with Crippen molar-refractivity contribution in [2.75, 3.05) is 6.54 Å². The fourth-order valence-corrected chi connectivity index (χ4v) is 3.54. The van der Waals surface area contributed by atoms with Crippen LogP contribution in [0, 0.1) is 17.3 Å². The topological polar surface area (TPSA) is 29.1 Å². The molecule has 0 aromatic carbocycles. The van der Waals surface area contributed by atoms with Gasteiger partial charge in [0.15, 0.2) is 0 Å². The molecule has 0 aromatic rings. The lowest BCUT2D eigenvalue weighted by molar-refractivity contribution is -0.128. The van der Waals surface area contributed by atoms with Crippen LogP contribution < -0.4 is 5.32 Å². The lowest BCUT2D eigenvalue weighted by Crippen LogP contribution is -2.48. The molecule has 17 heavy (non-hydrogen) atoms. The Morgan fingerprint density at radius 2 is 2.18 bits per heavy atom. The average Bonchev–Trinajstić information content (AvgIpc) is 2.32. The average molecular weight is 237 g/mol. The predicted octanol–water partition coefficient (Wildman–Crippen LogP) is 3.16. The largest absolute Gasteiger partial charge is 0.313 e. The Balaban J connectivity index is 2.01. The van der Waals surface area contributed by atoms with Crippen molar-refractivity contribution < 1.29 is 4.79 Å². The first kappa shape index (κ1) is 13.1. The molecular formula is C15H27NO. The van der Waals surface area contributed by atoms with E-state index in [1.807, 2.05) is 0 Å². The van der Waals surface area contributed by atoms with Gasteiger partial charge in [0.05, 0.1) is 0 Å². The van der Waals surface area contributed by atoms with Crippen LogP contribution in [0.3, 0.4) is 0 Å². The first-order chi connectivity index (χ1) is 8.02. The number of hydrogen-bond donors (Lipinski definition) is 1. The normalized spacial score (nSPS) is 38.1. The van der Waals surface area contributed by atoms with E-state index >= 15 is 0 Å². The summed E-state index contributed by atoms with van der Waals surface area (Å²) in [6, 6.07) is 0.459. The van der Waals surface area contributed by atoms with E-state index in [-0.39, 0.29) is 5.92 Å². The van der Waals surface area contributed by atoms with Crippen molar-refractivity contribution >= 4 is 5.78 Å². The Hall–Kier alpha value is -0.370. The first-order valence-corrected chi connectivity index (χ1v) is 7.28. The summed E-state index contributed by atoms with van der Waals surface area (Å²) in [5, 5.41) is 3.60. The van der Waals surface area contributed by atoms with Crippen LogP contribution in [0.15, 0.2) is 0 Å².